The van der Waals surface area contributed by atoms with Gasteiger partial charge in [0.25, 0.3) is 11.6 Å². The number of aromatic nitrogens is 1. The smallest absolute Gasteiger partial charge is 0.272 e. The lowest BCUT2D eigenvalue weighted by Crippen LogP contribution is -2.28. The zero-order valence-electron chi connectivity index (χ0n) is 11.3. The molecule has 1 aromatic carbocycles. The number of hydrogen-bond donors (Lipinski definition) is 2. The first-order valence-corrected chi connectivity index (χ1v) is 6.24. The number of benzene rings is 1. The van der Waals surface area contributed by atoms with Gasteiger partial charge in [0.15, 0.2) is 5.69 Å². The van der Waals surface area contributed by atoms with Crippen molar-refractivity contribution < 1.29 is 9.72 Å². The number of carbonyl (C=O) groups excluding carboxylic acids is 1. The number of anilines is 1. The van der Waals surface area contributed by atoms with Gasteiger partial charge < -0.3 is 11.1 Å². The van der Waals surface area contributed by atoms with Crippen LogP contribution >= 0.6 is 0 Å². The summed E-state index contributed by atoms with van der Waals surface area (Å²) in [6.07, 6.45) is 1.48. The molecule has 2 rings (SSSR count). The number of carbonyl (C=O) groups is 1. The molecule has 3 N–H and O–H groups in total. The lowest BCUT2D eigenvalue weighted by atomic mass is 10.1. The molecule has 7 nitrogen and oxygen atoms in total. The van der Waals surface area contributed by atoms with E-state index >= 15 is 0 Å². The summed E-state index contributed by atoms with van der Waals surface area (Å²) < 4.78 is 0. The highest BCUT2D eigenvalue weighted by Crippen LogP contribution is 2.19. The van der Waals surface area contributed by atoms with Gasteiger partial charge in [-0.2, -0.15) is 0 Å². The van der Waals surface area contributed by atoms with E-state index in [0.29, 0.717) is 5.56 Å². The third-order valence-electron chi connectivity index (χ3n) is 2.98. The lowest BCUT2D eigenvalue weighted by molar-refractivity contribution is -0.384. The van der Waals surface area contributed by atoms with Crippen LogP contribution in [-0.2, 0) is 0 Å². The Morgan fingerprint density at radius 3 is 2.81 bits per heavy atom. The van der Waals surface area contributed by atoms with E-state index in [2.05, 4.69) is 10.3 Å². The summed E-state index contributed by atoms with van der Waals surface area (Å²) in [6, 6.07) is 8.92. The van der Waals surface area contributed by atoms with Crippen LogP contribution in [0, 0.1) is 10.1 Å². The molecule has 21 heavy (non-hydrogen) atoms. The normalized spacial score (nSPS) is 11.7. The van der Waals surface area contributed by atoms with Gasteiger partial charge in [0.05, 0.1) is 16.7 Å². The van der Waals surface area contributed by atoms with E-state index in [1.807, 2.05) is 0 Å². The number of amides is 1. The van der Waals surface area contributed by atoms with Crippen LogP contribution in [0.1, 0.15) is 29.0 Å². The van der Waals surface area contributed by atoms with E-state index in [1.165, 1.54) is 18.3 Å². The predicted molar refractivity (Wildman–Crippen MR) is 77.6 cm³/mol. The Hall–Kier alpha value is -2.96. The Kier molecular flexibility index (Phi) is 4.13. The quantitative estimate of drug-likeness (QED) is 0.660. The highest BCUT2D eigenvalue weighted by atomic mass is 16.6. The van der Waals surface area contributed by atoms with Crippen LogP contribution in [0.2, 0.25) is 0 Å². The molecule has 0 spiro atoms. The number of nitrogens with two attached hydrogens (primary N) is 1. The van der Waals surface area contributed by atoms with Gasteiger partial charge in [-0.25, -0.2) is 4.98 Å². The van der Waals surface area contributed by atoms with Crippen LogP contribution in [-0.4, -0.2) is 15.8 Å². The topological polar surface area (TPSA) is 111 Å². The molecule has 0 aliphatic rings. The van der Waals surface area contributed by atoms with Crippen molar-refractivity contribution in [2.75, 3.05) is 5.73 Å². The third-order valence-corrected chi connectivity index (χ3v) is 2.98. The average Bonchev–Trinajstić information content (AvgIpc) is 2.47. The van der Waals surface area contributed by atoms with E-state index in [9.17, 15) is 14.9 Å². The summed E-state index contributed by atoms with van der Waals surface area (Å²) in [5.74, 6) is -0.424. The number of non-ortho nitro benzene ring substituents is 1. The molecule has 1 heterocycles. The van der Waals surface area contributed by atoms with Crippen LogP contribution in [0.5, 0.6) is 0 Å². The zero-order valence-corrected chi connectivity index (χ0v) is 11.3. The van der Waals surface area contributed by atoms with Gasteiger partial charge >= 0.3 is 0 Å². The van der Waals surface area contributed by atoms with E-state index in [-0.39, 0.29) is 17.1 Å². The van der Waals surface area contributed by atoms with Gasteiger partial charge in [-0.05, 0) is 24.6 Å². The van der Waals surface area contributed by atoms with Gasteiger partial charge in [0, 0.05) is 18.3 Å². The third kappa shape index (κ3) is 3.33. The second-order valence-corrected chi connectivity index (χ2v) is 4.49. The monoisotopic (exact) mass is 286 g/mol. The number of nitro groups is 1. The summed E-state index contributed by atoms with van der Waals surface area (Å²) in [4.78, 5) is 26.3. The average molecular weight is 286 g/mol. The molecule has 0 fully saturated rings. The first-order chi connectivity index (χ1) is 9.99. The number of nitrogens with zero attached hydrogens (tertiary/aromatic N) is 2. The fourth-order valence-corrected chi connectivity index (χ4v) is 1.86. The largest absolute Gasteiger partial charge is 0.397 e. The van der Waals surface area contributed by atoms with Crippen LogP contribution in [0.15, 0.2) is 42.6 Å². The summed E-state index contributed by atoms with van der Waals surface area (Å²) in [5, 5.41) is 13.5. The number of rotatable bonds is 4. The molecule has 1 aromatic heterocycles. The standard InChI is InChI=1S/C14H14N4O3/c1-9(10-4-2-5-11(8-10)18(20)21)17-14(19)13-12(15)6-3-7-16-13/h2-9H,15H2,1H3,(H,17,19). The van der Waals surface area contributed by atoms with Crippen molar-refractivity contribution in [3.8, 4) is 0 Å². The second-order valence-electron chi connectivity index (χ2n) is 4.49. The van der Waals surface area contributed by atoms with Crippen LogP contribution in [0.3, 0.4) is 0 Å². The Balaban J connectivity index is 2.16. The fraction of sp³-hybridized carbons (Fsp3) is 0.143. The SMILES string of the molecule is CC(NC(=O)c1ncccc1N)c1cccc([N+](=O)[O-])c1. The lowest BCUT2D eigenvalue weighted by Gasteiger charge is -2.14. The Bertz CT molecular complexity index is 687. The minimum Gasteiger partial charge on any atom is -0.397 e. The van der Waals surface area contributed by atoms with E-state index in [4.69, 9.17) is 5.73 Å². The summed E-state index contributed by atoms with van der Waals surface area (Å²) >= 11 is 0. The first-order valence-electron chi connectivity index (χ1n) is 6.24. The molecule has 0 aliphatic heterocycles. The van der Waals surface area contributed by atoms with Gasteiger partial charge in [-0.15, -0.1) is 0 Å². The van der Waals surface area contributed by atoms with Crippen LogP contribution in [0.4, 0.5) is 11.4 Å². The molecule has 2 aromatic rings. The minimum atomic E-state index is -0.477. The van der Waals surface area contributed by atoms with Gasteiger partial charge in [-0.1, -0.05) is 12.1 Å². The minimum absolute atomic E-state index is 0.0223. The molecule has 0 saturated heterocycles. The van der Waals surface area contributed by atoms with Gasteiger partial charge in [0.2, 0.25) is 0 Å². The number of hydrogen-bond acceptors (Lipinski definition) is 5. The molecule has 108 valence electrons. The van der Waals surface area contributed by atoms with E-state index in [1.54, 1.807) is 31.2 Å². The highest BCUT2D eigenvalue weighted by molar-refractivity contribution is 5.97. The zero-order chi connectivity index (χ0) is 15.4. The number of nitrogens with one attached hydrogen (secondary N) is 1. The molecule has 1 atom stereocenters. The Labute approximate surface area is 121 Å². The van der Waals surface area contributed by atoms with Crippen molar-refractivity contribution in [2.24, 2.45) is 0 Å². The van der Waals surface area contributed by atoms with Gasteiger partial charge in [-0.3, -0.25) is 14.9 Å². The fourth-order valence-electron chi connectivity index (χ4n) is 1.86. The number of nitrogen functional groups attached to an aromatic ring is 1. The first kappa shape index (κ1) is 14.4. The maximum Gasteiger partial charge on any atom is 0.272 e. The number of nitro benzene ring substituents is 1. The molecule has 7 heteroatoms. The maximum absolute atomic E-state index is 12.1. The van der Waals surface area contributed by atoms with Crippen molar-refractivity contribution >= 4 is 17.3 Å². The van der Waals surface area contributed by atoms with Crippen molar-refractivity contribution in [1.82, 2.24) is 10.3 Å². The summed E-state index contributed by atoms with van der Waals surface area (Å²) in [6.45, 7) is 1.73. The summed E-state index contributed by atoms with van der Waals surface area (Å²) in [7, 11) is 0. The predicted octanol–water partition coefficient (Wildman–Crippen LogP) is 2.06. The maximum atomic E-state index is 12.1. The molecule has 0 bridgehead atoms. The molecule has 0 aliphatic carbocycles. The van der Waals surface area contributed by atoms with Crippen molar-refractivity contribution in [3.05, 3.63) is 64.0 Å². The van der Waals surface area contributed by atoms with Gasteiger partial charge in [0.1, 0.15) is 0 Å². The number of pyridine rings is 1. The van der Waals surface area contributed by atoms with E-state index < -0.39 is 16.9 Å². The molecule has 0 saturated carbocycles. The van der Waals surface area contributed by atoms with Crippen molar-refractivity contribution in [1.29, 1.82) is 0 Å². The molecular formula is C14H14N4O3. The summed E-state index contributed by atoms with van der Waals surface area (Å²) in [5.41, 5.74) is 6.71. The van der Waals surface area contributed by atoms with Crippen molar-refractivity contribution in [3.63, 3.8) is 0 Å². The Morgan fingerprint density at radius 1 is 1.38 bits per heavy atom. The van der Waals surface area contributed by atoms with E-state index in [0.717, 1.165) is 0 Å². The molecule has 1 unspecified atom stereocenters. The molecule has 1 amide bonds. The molecule has 0 radical (unpaired) electrons. The molecular weight excluding hydrogens is 272 g/mol. The second kappa shape index (κ2) is 6.00. The Morgan fingerprint density at radius 2 is 2.14 bits per heavy atom. The van der Waals surface area contributed by atoms with Crippen molar-refractivity contribution in [2.45, 2.75) is 13.0 Å². The highest BCUT2D eigenvalue weighted by Gasteiger charge is 2.16. The van der Waals surface area contributed by atoms with Crippen LogP contribution < -0.4 is 11.1 Å². The van der Waals surface area contributed by atoms with Crippen LogP contribution in [0.25, 0.3) is 0 Å².